The highest BCUT2D eigenvalue weighted by atomic mass is 16.4. The van der Waals surface area contributed by atoms with E-state index in [1.54, 1.807) is 0 Å². The fourth-order valence-electron chi connectivity index (χ4n) is 4.39. The first-order valence-electron chi connectivity index (χ1n) is 7.56. The van der Waals surface area contributed by atoms with Gasteiger partial charge in [-0.3, -0.25) is 15.0 Å². The Labute approximate surface area is 133 Å². The number of benzene rings is 2. The molecule has 116 valence electrons. The summed E-state index contributed by atoms with van der Waals surface area (Å²) in [5.74, 6) is 1.84. The summed E-state index contributed by atoms with van der Waals surface area (Å²) < 4.78 is 0. The van der Waals surface area contributed by atoms with Gasteiger partial charge in [0.05, 0.1) is 11.8 Å². The van der Waals surface area contributed by atoms with Gasteiger partial charge in [-0.15, -0.1) is 0 Å². The minimum atomic E-state index is -0.961. The van der Waals surface area contributed by atoms with Gasteiger partial charge >= 0.3 is 5.97 Å². The Bertz CT molecular complexity index is 770. The van der Waals surface area contributed by atoms with Crippen molar-refractivity contribution in [2.24, 2.45) is 17.7 Å². The van der Waals surface area contributed by atoms with Crippen molar-refractivity contribution in [1.29, 1.82) is 0 Å². The number of aliphatic carboxylic acids is 1. The molecule has 2 aromatic carbocycles. The van der Waals surface area contributed by atoms with Gasteiger partial charge in [0.15, 0.2) is 0 Å². The van der Waals surface area contributed by atoms with Gasteiger partial charge in [0, 0.05) is 11.8 Å². The van der Waals surface area contributed by atoms with Crippen LogP contribution in [0.2, 0.25) is 0 Å². The fraction of sp³-hybridized carbons (Fsp3) is 0.222. The number of carboxylic acids is 1. The maximum absolute atomic E-state index is 12.4. The van der Waals surface area contributed by atoms with Gasteiger partial charge in [-0.25, -0.2) is 5.84 Å². The zero-order valence-corrected chi connectivity index (χ0v) is 12.3. The molecule has 0 fully saturated rings. The Morgan fingerprint density at radius 1 is 0.826 bits per heavy atom. The first kappa shape index (κ1) is 14.0. The molecule has 2 unspecified atom stereocenters. The van der Waals surface area contributed by atoms with Crippen LogP contribution in [-0.2, 0) is 9.59 Å². The molecule has 5 nitrogen and oxygen atoms in total. The van der Waals surface area contributed by atoms with Crippen molar-refractivity contribution in [3.8, 4) is 0 Å². The van der Waals surface area contributed by atoms with Crippen LogP contribution in [0.15, 0.2) is 48.5 Å². The predicted octanol–water partition coefficient (Wildman–Crippen LogP) is 1.58. The van der Waals surface area contributed by atoms with Gasteiger partial charge in [-0.2, -0.15) is 0 Å². The second-order valence-electron chi connectivity index (χ2n) is 6.11. The second-order valence-corrected chi connectivity index (χ2v) is 6.11. The summed E-state index contributed by atoms with van der Waals surface area (Å²) in [4.78, 5) is 24.4. The van der Waals surface area contributed by atoms with Crippen LogP contribution in [0.3, 0.4) is 0 Å². The van der Waals surface area contributed by atoms with E-state index in [0.29, 0.717) is 0 Å². The van der Waals surface area contributed by atoms with Crippen LogP contribution in [-0.4, -0.2) is 17.0 Å². The Morgan fingerprint density at radius 3 is 1.57 bits per heavy atom. The lowest BCUT2D eigenvalue weighted by Crippen LogP contribution is -2.51. The molecule has 0 saturated carbocycles. The molecule has 2 bridgehead atoms. The van der Waals surface area contributed by atoms with Crippen molar-refractivity contribution in [1.82, 2.24) is 5.43 Å². The molecule has 0 saturated heterocycles. The Hall–Kier alpha value is -2.66. The summed E-state index contributed by atoms with van der Waals surface area (Å²) in [7, 11) is 0. The number of nitrogens with one attached hydrogen (secondary N) is 1. The highest BCUT2D eigenvalue weighted by molar-refractivity contribution is 5.89. The summed E-state index contributed by atoms with van der Waals surface area (Å²) in [5.41, 5.74) is 6.23. The zero-order chi connectivity index (χ0) is 16.1. The first-order valence-corrected chi connectivity index (χ1v) is 7.56. The van der Waals surface area contributed by atoms with Gasteiger partial charge in [-0.05, 0) is 22.3 Å². The Morgan fingerprint density at radius 2 is 1.22 bits per heavy atom. The molecule has 0 heterocycles. The molecule has 2 atom stereocenters. The van der Waals surface area contributed by atoms with E-state index in [1.807, 2.05) is 48.5 Å². The monoisotopic (exact) mass is 308 g/mol. The molecular weight excluding hydrogens is 292 g/mol. The fourth-order valence-corrected chi connectivity index (χ4v) is 4.39. The predicted molar refractivity (Wildman–Crippen MR) is 83.5 cm³/mol. The SMILES string of the molecule is NNC(=O)C1C2c3ccccc3C(c3ccccc32)C1C(=O)O. The molecule has 0 spiro atoms. The Balaban J connectivity index is 2.03. The summed E-state index contributed by atoms with van der Waals surface area (Å²) in [6.45, 7) is 0. The first-order chi connectivity index (χ1) is 11.1. The number of carbonyl (C=O) groups is 2. The summed E-state index contributed by atoms with van der Waals surface area (Å²) in [6, 6.07) is 15.6. The number of amides is 1. The van der Waals surface area contributed by atoms with Crippen LogP contribution in [0.25, 0.3) is 0 Å². The summed E-state index contributed by atoms with van der Waals surface area (Å²) in [5, 5.41) is 9.81. The molecule has 0 aliphatic heterocycles. The number of hydrazine groups is 1. The smallest absolute Gasteiger partial charge is 0.308 e. The molecule has 0 aromatic heterocycles. The van der Waals surface area contributed by atoms with E-state index in [-0.39, 0.29) is 11.8 Å². The molecule has 0 radical (unpaired) electrons. The number of rotatable bonds is 2. The molecule has 5 heteroatoms. The van der Waals surface area contributed by atoms with Gasteiger partial charge in [0.25, 0.3) is 0 Å². The zero-order valence-electron chi connectivity index (χ0n) is 12.3. The second kappa shape index (κ2) is 4.93. The third-order valence-corrected chi connectivity index (χ3v) is 5.17. The minimum absolute atomic E-state index is 0.281. The standard InChI is InChI=1S/C18H16N2O3/c19-20-17(21)15-13-9-5-1-3-7-11(9)14(16(15)18(22)23)12-8-4-2-6-10(12)13/h1-8,13-16H,19H2,(H,20,21)(H,22,23). The highest BCUT2D eigenvalue weighted by Gasteiger charge is 2.55. The third kappa shape index (κ3) is 1.77. The van der Waals surface area contributed by atoms with Crippen LogP contribution >= 0.6 is 0 Å². The van der Waals surface area contributed by atoms with E-state index < -0.39 is 23.7 Å². The van der Waals surface area contributed by atoms with Crippen LogP contribution < -0.4 is 11.3 Å². The van der Waals surface area contributed by atoms with E-state index in [4.69, 9.17) is 5.84 Å². The third-order valence-electron chi connectivity index (χ3n) is 5.17. The van der Waals surface area contributed by atoms with Crippen LogP contribution in [0.1, 0.15) is 34.1 Å². The largest absolute Gasteiger partial charge is 0.481 e. The average molecular weight is 308 g/mol. The number of hydrogen-bond acceptors (Lipinski definition) is 3. The summed E-state index contributed by atoms with van der Waals surface area (Å²) in [6.07, 6.45) is 0. The van der Waals surface area contributed by atoms with E-state index in [9.17, 15) is 14.7 Å². The summed E-state index contributed by atoms with van der Waals surface area (Å²) >= 11 is 0. The molecule has 4 N–H and O–H groups in total. The average Bonchev–Trinajstić information content (AvgIpc) is 2.60. The number of nitrogens with two attached hydrogens (primary N) is 1. The number of carbonyl (C=O) groups excluding carboxylic acids is 1. The van der Waals surface area contributed by atoms with Crippen molar-refractivity contribution >= 4 is 11.9 Å². The van der Waals surface area contributed by atoms with E-state index in [0.717, 1.165) is 22.3 Å². The number of fused-ring (bicyclic) bond motifs is 1. The maximum atomic E-state index is 12.4. The quantitative estimate of drug-likeness (QED) is 0.446. The topological polar surface area (TPSA) is 92.4 Å². The molecule has 3 aliphatic carbocycles. The molecule has 1 amide bonds. The number of carboxylic acid groups (broad SMARTS) is 1. The minimum Gasteiger partial charge on any atom is -0.481 e. The molecule has 2 aromatic rings. The normalized spacial score (nSPS) is 27.0. The van der Waals surface area contributed by atoms with Crippen molar-refractivity contribution in [2.75, 3.05) is 0 Å². The molecule has 5 rings (SSSR count). The molecule has 3 aliphatic rings. The van der Waals surface area contributed by atoms with Crippen LogP contribution in [0, 0.1) is 11.8 Å². The van der Waals surface area contributed by atoms with E-state index in [1.165, 1.54) is 0 Å². The molecular formula is C18H16N2O3. The van der Waals surface area contributed by atoms with E-state index >= 15 is 0 Å². The van der Waals surface area contributed by atoms with E-state index in [2.05, 4.69) is 5.43 Å². The lowest BCUT2D eigenvalue weighted by molar-refractivity contribution is -0.149. The van der Waals surface area contributed by atoms with Crippen molar-refractivity contribution in [2.45, 2.75) is 11.8 Å². The van der Waals surface area contributed by atoms with Gasteiger partial charge < -0.3 is 5.11 Å². The van der Waals surface area contributed by atoms with Crippen LogP contribution in [0.4, 0.5) is 0 Å². The van der Waals surface area contributed by atoms with Crippen molar-refractivity contribution < 1.29 is 14.7 Å². The lowest BCUT2D eigenvalue weighted by Gasteiger charge is -2.48. The Kier molecular flexibility index (Phi) is 2.99. The van der Waals surface area contributed by atoms with Crippen LogP contribution in [0.5, 0.6) is 0 Å². The van der Waals surface area contributed by atoms with Gasteiger partial charge in [0.1, 0.15) is 0 Å². The molecule has 23 heavy (non-hydrogen) atoms. The highest BCUT2D eigenvalue weighted by Crippen LogP contribution is 2.58. The maximum Gasteiger partial charge on any atom is 0.308 e. The number of hydrogen-bond donors (Lipinski definition) is 3. The van der Waals surface area contributed by atoms with Crippen molar-refractivity contribution in [3.63, 3.8) is 0 Å². The van der Waals surface area contributed by atoms with Gasteiger partial charge in [0.2, 0.25) is 5.91 Å². The van der Waals surface area contributed by atoms with Crippen molar-refractivity contribution in [3.05, 3.63) is 70.8 Å². The lowest BCUT2D eigenvalue weighted by atomic mass is 9.54. The van der Waals surface area contributed by atoms with Gasteiger partial charge in [-0.1, -0.05) is 48.5 Å².